The van der Waals surface area contributed by atoms with Gasteiger partial charge in [-0.1, -0.05) is 55.4 Å². The van der Waals surface area contributed by atoms with E-state index >= 15 is 0 Å². The van der Waals surface area contributed by atoms with Gasteiger partial charge in [0.25, 0.3) is 0 Å². The third-order valence-corrected chi connectivity index (χ3v) is 4.89. The standard InChI is InChI=1S/C18H35NO3/c1-11(2)12(3)10-18(7,8)13(15(20)19-9)14(16(21)22)17(4,5)6/h11-14H,10H2,1-9H3,(H,19,20)(H,21,22). The maximum atomic E-state index is 12.5. The smallest absolute Gasteiger partial charge is 0.307 e. The minimum atomic E-state index is -0.897. The molecule has 2 N–H and O–H groups in total. The van der Waals surface area contributed by atoms with E-state index in [0.717, 1.165) is 6.42 Å². The summed E-state index contributed by atoms with van der Waals surface area (Å²) < 4.78 is 0. The summed E-state index contributed by atoms with van der Waals surface area (Å²) in [4.78, 5) is 24.4. The lowest BCUT2D eigenvalue weighted by atomic mass is 9.60. The van der Waals surface area contributed by atoms with Crippen LogP contribution in [0.5, 0.6) is 0 Å². The van der Waals surface area contributed by atoms with E-state index in [1.165, 1.54) is 0 Å². The van der Waals surface area contributed by atoms with Crippen LogP contribution in [0.3, 0.4) is 0 Å². The Morgan fingerprint density at radius 2 is 1.45 bits per heavy atom. The van der Waals surface area contributed by atoms with Gasteiger partial charge in [-0.3, -0.25) is 9.59 Å². The predicted octanol–water partition coefficient (Wildman–Crippen LogP) is 3.80. The summed E-state index contributed by atoms with van der Waals surface area (Å²) in [7, 11) is 1.58. The zero-order valence-corrected chi connectivity index (χ0v) is 15.8. The lowest BCUT2D eigenvalue weighted by molar-refractivity contribution is -0.157. The SMILES string of the molecule is CNC(=O)C(C(C(=O)O)C(C)(C)C)C(C)(C)CC(C)C(C)C. The molecule has 4 heteroatoms. The van der Waals surface area contributed by atoms with Crippen LogP contribution in [0.15, 0.2) is 0 Å². The van der Waals surface area contributed by atoms with Crippen molar-refractivity contribution in [1.82, 2.24) is 5.32 Å². The Morgan fingerprint density at radius 1 is 1.00 bits per heavy atom. The molecule has 0 spiro atoms. The Hall–Kier alpha value is -1.06. The van der Waals surface area contributed by atoms with Crippen molar-refractivity contribution in [3.8, 4) is 0 Å². The quantitative estimate of drug-likeness (QED) is 0.751. The molecule has 3 atom stereocenters. The van der Waals surface area contributed by atoms with E-state index in [1.54, 1.807) is 7.05 Å². The maximum absolute atomic E-state index is 12.5. The van der Waals surface area contributed by atoms with Gasteiger partial charge in [0.1, 0.15) is 0 Å². The Balaban J connectivity index is 5.80. The van der Waals surface area contributed by atoms with Crippen molar-refractivity contribution < 1.29 is 14.7 Å². The van der Waals surface area contributed by atoms with E-state index in [1.807, 2.05) is 34.6 Å². The first-order chi connectivity index (χ1) is 9.75. The highest BCUT2D eigenvalue weighted by atomic mass is 16.4. The Morgan fingerprint density at radius 3 is 1.73 bits per heavy atom. The molecule has 0 saturated heterocycles. The Kier molecular flexibility index (Phi) is 7.11. The van der Waals surface area contributed by atoms with Gasteiger partial charge in [0.05, 0.1) is 11.8 Å². The normalized spacial score (nSPS) is 17.0. The zero-order chi connectivity index (χ0) is 17.9. The van der Waals surface area contributed by atoms with Crippen LogP contribution in [0.1, 0.15) is 61.8 Å². The number of hydrogen-bond acceptors (Lipinski definition) is 2. The second-order valence-corrected chi connectivity index (χ2v) is 8.69. The summed E-state index contributed by atoms with van der Waals surface area (Å²) in [6.07, 6.45) is 0.822. The predicted molar refractivity (Wildman–Crippen MR) is 90.5 cm³/mol. The summed E-state index contributed by atoms with van der Waals surface area (Å²) in [6, 6.07) is 0. The fourth-order valence-corrected chi connectivity index (χ4v) is 3.32. The van der Waals surface area contributed by atoms with Crippen LogP contribution in [-0.4, -0.2) is 24.0 Å². The molecular formula is C18H35NO3. The number of aliphatic carboxylic acids is 1. The maximum Gasteiger partial charge on any atom is 0.307 e. The first kappa shape index (κ1) is 20.9. The highest BCUT2D eigenvalue weighted by Crippen LogP contribution is 2.45. The monoisotopic (exact) mass is 313 g/mol. The van der Waals surface area contributed by atoms with Crippen LogP contribution in [0.25, 0.3) is 0 Å². The van der Waals surface area contributed by atoms with Gasteiger partial charge in [-0.15, -0.1) is 0 Å². The van der Waals surface area contributed by atoms with Gasteiger partial charge < -0.3 is 10.4 Å². The van der Waals surface area contributed by atoms with Gasteiger partial charge in [0, 0.05) is 7.05 Å². The number of amides is 1. The van der Waals surface area contributed by atoms with E-state index < -0.39 is 23.2 Å². The largest absolute Gasteiger partial charge is 0.481 e. The molecule has 0 aliphatic rings. The fraction of sp³-hybridized carbons (Fsp3) is 0.889. The zero-order valence-electron chi connectivity index (χ0n) is 15.8. The first-order valence-electron chi connectivity index (χ1n) is 8.20. The van der Waals surface area contributed by atoms with Crippen LogP contribution >= 0.6 is 0 Å². The number of carboxylic acids is 1. The molecule has 0 fully saturated rings. The van der Waals surface area contributed by atoms with Gasteiger partial charge in [0.2, 0.25) is 5.91 Å². The fourth-order valence-electron chi connectivity index (χ4n) is 3.32. The summed E-state index contributed by atoms with van der Waals surface area (Å²) >= 11 is 0. The van der Waals surface area contributed by atoms with E-state index in [2.05, 4.69) is 26.1 Å². The minimum Gasteiger partial charge on any atom is -0.481 e. The van der Waals surface area contributed by atoms with Crippen LogP contribution < -0.4 is 5.32 Å². The van der Waals surface area contributed by atoms with E-state index in [9.17, 15) is 14.7 Å². The number of carboxylic acid groups (broad SMARTS) is 1. The van der Waals surface area contributed by atoms with E-state index in [0.29, 0.717) is 11.8 Å². The third-order valence-electron chi connectivity index (χ3n) is 4.89. The van der Waals surface area contributed by atoms with Gasteiger partial charge in [0.15, 0.2) is 0 Å². The second-order valence-electron chi connectivity index (χ2n) is 8.69. The summed E-state index contributed by atoms with van der Waals surface area (Å²) in [5.74, 6) is -1.42. The molecule has 4 nitrogen and oxygen atoms in total. The molecule has 0 saturated carbocycles. The first-order valence-corrected chi connectivity index (χ1v) is 8.20. The average molecular weight is 313 g/mol. The van der Waals surface area contributed by atoms with Gasteiger partial charge in [-0.05, 0) is 29.1 Å². The molecule has 3 unspecified atom stereocenters. The molecule has 130 valence electrons. The van der Waals surface area contributed by atoms with E-state index in [-0.39, 0.29) is 11.3 Å². The molecule has 0 rings (SSSR count). The highest BCUT2D eigenvalue weighted by Gasteiger charge is 2.49. The second kappa shape index (κ2) is 7.47. The number of rotatable bonds is 7. The lowest BCUT2D eigenvalue weighted by Gasteiger charge is -2.43. The minimum absolute atomic E-state index is 0.178. The third kappa shape index (κ3) is 5.29. The molecule has 1 amide bonds. The van der Waals surface area contributed by atoms with Crippen molar-refractivity contribution in [2.24, 2.45) is 34.5 Å². The van der Waals surface area contributed by atoms with E-state index in [4.69, 9.17) is 0 Å². The molecule has 0 bridgehead atoms. The van der Waals surface area contributed by atoms with Crippen molar-refractivity contribution in [3.63, 3.8) is 0 Å². The molecule has 0 aliphatic carbocycles. The van der Waals surface area contributed by atoms with Crippen LogP contribution in [0.2, 0.25) is 0 Å². The Labute approximate surface area is 136 Å². The lowest BCUT2D eigenvalue weighted by Crippen LogP contribution is -2.49. The average Bonchev–Trinajstić information content (AvgIpc) is 2.31. The van der Waals surface area contributed by atoms with Gasteiger partial charge in [-0.25, -0.2) is 0 Å². The summed E-state index contributed by atoms with van der Waals surface area (Å²) in [6.45, 7) is 16.2. The van der Waals surface area contributed by atoms with Crippen LogP contribution in [0.4, 0.5) is 0 Å². The summed E-state index contributed by atoms with van der Waals surface area (Å²) in [5.41, 5.74) is -0.874. The highest BCUT2D eigenvalue weighted by molar-refractivity contribution is 5.85. The molecule has 0 aromatic carbocycles. The van der Waals surface area contributed by atoms with Crippen LogP contribution in [0, 0.1) is 34.5 Å². The molecule has 0 radical (unpaired) electrons. The molecule has 0 aromatic heterocycles. The van der Waals surface area contributed by atoms with Crippen molar-refractivity contribution >= 4 is 11.9 Å². The van der Waals surface area contributed by atoms with Gasteiger partial charge >= 0.3 is 5.97 Å². The Bertz CT molecular complexity index is 394. The van der Waals surface area contributed by atoms with Gasteiger partial charge in [-0.2, -0.15) is 0 Å². The van der Waals surface area contributed by atoms with Crippen molar-refractivity contribution in [3.05, 3.63) is 0 Å². The molecule has 0 aliphatic heterocycles. The van der Waals surface area contributed by atoms with Crippen molar-refractivity contribution in [1.29, 1.82) is 0 Å². The number of carbonyl (C=O) groups is 2. The molecular weight excluding hydrogens is 278 g/mol. The number of nitrogens with one attached hydrogen (secondary N) is 1. The molecule has 22 heavy (non-hydrogen) atoms. The van der Waals surface area contributed by atoms with Crippen LogP contribution in [-0.2, 0) is 9.59 Å². The molecule has 0 heterocycles. The summed E-state index contributed by atoms with van der Waals surface area (Å²) in [5, 5.41) is 12.4. The van der Waals surface area contributed by atoms with Crippen molar-refractivity contribution in [2.45, 2.75) is 61.8 Å². The number of hydrogen-bond donors (Lipinski definition) is 2. The molecule has 0 aromatic rings. The topological polar surface area (TPSA) is 66.4 Å². The van der Waals surface area contributed by atoms with Crippen molar-refractivity contribution in [2.75, 3.05) is 7.05 Å². The number of carbonyl (C=O) groups excluding carboxylic acids is 1.